The highest BCUT2D eigenvalue weighted by atomic mass is 16.3. The minimum atomic E-state index is -0.619. The van der Waals surface area contributed by atoms with Crippen molar-refractivity contribution in [3.8, 4) is 0 Å². The van der Waals surface area contributed by atoms with E-state index in [1.165, 1.54) is 0 Å². The summed E-state index contributed by atoms with van der Waals surface area (Å²) in [5, 5.41) is 19.9. The van der Waals surface area contributed by atoms with Gasteiger partial charge >= 0.3 is 0 Å². The topological polar surface area (TPSA) is 64.0 Å². The molecule has 5 nitrogen and oxygen atoms in total. The predicted molar refractivity (Wildman–Crippen MR) is 82.2 cm³/mol. The molecule has 1 heterocycles. The van der Waals surface area contributed by atoms with Gasteiger partial charge in [-0.1, -0.05) is 18.2 Å². The second-order valence-electron chi connectivity index (χ2n) is 5.69. The van der Waals surface area contributed by atoms with E-state index in [0.717, 1.165) is 18.7 Å². The van der Waals surface area contributed by atoms with Gasteiger partial charge in [-0.25, -0.2) is 0 Å². The van der Waals surface area contributed by atoms with Gasteiger partial charge in [0.1, 0.15) is 0 Å². The molecule has 1 amide bonds. The van der Waals surface area contributed by atoms with Crippen molar-refractivity contribution < 1.29 is 15.0 Å². The molecule has 0 aromatic heterocycles. The van der Waals surface area contributed by atoms with Crippen LogP contribution in [0.2, 0.25) is 0 Å². The number of β-amino-alcohol motifs (C(OH)–C–C–N with tert-alkyl or cyclic N) is 1. The SMILES string of the molecule is CC(O)CN(CC(O)CN1CCCC1=O)c1ccccc1. The monoisotopic (exact) mass is 292 g/mol. The van der Waals surface area contributed by atoms with Crippen LogP contribution >= 0.6 is 0 Å². The van der Waals surface area contributed by atoms with E-state index in [-0.39, 0.29) is 5.91 Å². The summed E-state index contributed by atoms with van der Waals surface area (Å²) in [5.41, 5.74) is 0.963. The highest BCUT2D eigenvalue weighted by Gasteiger charge is 2.24. The van der Waals surface area contributed by atoms with Crippen LogP contribution in [0.1, 0.15) is 19.8 Å². The van der Waals surface area contributed by atoms with E-state index in [1.54, 1.807) is 11.8 Å². The lowest BCUT2D eigenvalue weighted by molar-refractivity contribution is -0.128. The van der Waals surface area contributed by atoms with Crippen molar-refractivity contribution in [1.82, 2.24) is 4.90 Å². The normalized spacial score (nSPS) is 17.9. The first-order chi connectivity index (χ1) is 10.1. The van der Waals surface area contributed by atoms with Gasteiger partial charge in [0.2, 0.25) is 5.91 Å². The van der Waals surface area contributed by atoms with Crippen molar-refractivity contribution in [3.05, 3.63) is 30.3 Å². The number of hydrogen-bond donors (Lipinski definition) is 2. The molecule has 0 aliphatic carbocycles. The van der Waals surface area contributed by atoms with Gasteiger partial charge in [-0.05, 0) is 25.5 Å². The van der Waals surface area contributed by atoms with Gasteiger partial charge < -0.3 is 20.0 Å². The van der Waals surface area contributed by atoms with Gasteiger partial charge in [-0.2, -0.15) is 0 Å². The quantitative estimate of drug-likeness (QED) is 0.782. The maximum Gasteiger partial charge on any atom is 0.222 e. The number of rotatable bonds is 7. The molecule has 1 aliphatic heterocycles. The number of aliphatic hydroxyl groups is 2. The third-order valence-electron chi connectivity index (χ3n) is 3.64. The average Bonchev–Trinajstić information content (AvgIpc) is 2.84. The fraction of sp³-hybridized carbons (Fsp3) is 0.562. The lowest BCUT2D eigenvalue weighted by Crippen LogP contribution is -2.43. The number of nitrogens with zero attached hydrogens (tertiary/aromatic N) is 2. The molecule has 1 aromatic carbocycles. The summed E-state index contributed by atoms with van der Waals surface area (Å²) in [7, 11) is 0. The summed E-state index contributed by atoms with van der Waals surface area (Å²) in [6, 6.07) is 9.71. The van der Waals surface area contributed by atoms with Crippen LogP contribution in [0, 0.1) is 0 Å². The molecule has 2 rings (SSSR count). The zero-order valence-corrected chi connectivity index (χ0v) is 12.5. The number of hydrogen-bond acceptors (Lipinski definition) is 4. The number of para-hydroxylation sites is 1. The van der Waals surface area contributed by atoms with Crippen LogP contribution < -0.4 is 4.90 Å². The Morgan fingerprint density at radius 3 is 2.52 bits per heavy atom. The molecule has 116 valence electrons. The zero-order chi connectivity index (χ0) is 15.2. The van der Waals surface area contributed by atoms with Gasteiger partial charge in [0.15, 0.2) is 0 Å². The Morgan fingerprint density at radius 1 is 1.24 bits per heavy atom. The number of likely N-dealkylation sites (tertiary alicyclic amines) is 1. The van der Waals surface area contributed by atoms with Crippen molar-refractivity contribution in [2.75, 3.05) is 31.1 Å². The van der Waals surface area contributed by atoms with Crippen LogP contribution in [0.15, 0.2) is 30.3 Å². The van der Waals surface area contributed by atoms with E-state index < -0.39 is 12.2 Å². The summed E-state index contributed by atoms with van der Waals surface area (Å²) >= 11 is 0. The van der Waals surface area contributed by atoms with E-state index in [2.05, 4.69) is 0 Å². The molecule has 1 aromatic rings. The molecule has 2 N–H and O–H groups in total. The number of aliphatic hydroxyl groups excluding tert-OH is 2. The summed E-state index contributed by atoms with van der Waals surface area (Å²) in [6.07, 6.45) is 0.363. The molecular weight excluding hydrogens is 268 g/mol. The van der Waals surface area contributed by atoms with Gasteiger partial charge in [0.05, 0.1) is 12.2 Å². The minimum Gasteiger partial charge on any atom is -0.392 e. The molecular formula is C16H24N2O3. The van der Waals surface area contributed by atoms with Crippen LogP contribution in [-0.2, 0) is 4.79 Å². The van der Waals surface area contributed by atoms with Crippen molar-refractivity contribution >= 4 is 11.6 Å². The number of benzene rings is 1. The fourth-order valence-corrected chi connectivity index (χ4v) is 2.71. The second-order valence-corrected chi connectivity index (χ2v) is 5.69. The molecule has 21 heavy (non-hydrogen) atoms. The van der Waals surface area contributed by atoms with Crippen LogP contribution in [-0.4, -0.2) is 59.4 Å². The number of amides is 1. The van der Waals surface area contributed by atoms with Gasteiger partial charge in [0.25, 0.3) is 0 Å². The van der Waals surface area contributed by atoms with Crippen molar-refractivity contribution in [2.45, 2.75) is 32.0 Å². The molecule has 5 heteroatoms. The number of carbonyl (C=O) groups is 1. The first kappa shape index (κ1) is 15.8. The Bertz CT molecular complexity index is 450. The number of anilines is 1. The van der Waals surface area contributed by atoms with E-state index in [4.69, 9.17) is 0 Å². The fourth-order valence-electron chi connectivity index (χ4n) is 2.71. The van der Waals surface area contributed by atoms with Crippen molar-refractivity contribution in [3.63, 3.8) is 0 Å². The van der Waals surface area contributed by atoms with Crippen LogP contribution in [0.25, 0.3) is 0 Å². The molecule has 1 saturated heterocycles. The summed E-state index contributed by atoms with van der Waals surface area (Å²) in [5.74, 6) is 0.121. The third kappa shape index (κ3) is 4.72. The molecule has 1 aliphatic rings. The van der Waals surface area contributed by atoms with Crippen molar-refractivity contribution in [1.29, 1.82) is 0 Å². The third-order valence-corrected chi connectivity index (χ3v) is 3.64. The van der Waals surface area contributed by atoms with Crippen molar-refractivity contribution in [2.24, 2.45) is 0 Å². The zero-order valence-electron chi connectivity index (χ0n) is 12.5. The summed E-state index contributed by atoms with van der Waals surface area (Å²) in [4.78, 5) is 15.3. The first-order valence-electron chi connectivity index (χ1n) is 7.50. The molecule has 0 spiro atoms. The van der Waals surface area contributed by atoms with Gasteiger partial charge in [-0.15, -0.1) is 0 Å². The molecule has 0 bridgehead atoms. The Balaban J connectivity index is 1.96. The smallest absolute Gasteiger partial charge is 0.222 e. The molecule has 2 atom stereocenters. The Kier molecular flexibility index (Phi) is 5.59. The Morgan fingerprint density at radius 2 is 1.95 bits per heavy atom. The summed E-state index contributed by atoms with van der Waals surface area (Å²) < 4.78 is 0. The van der Waals surface area contributed by atoms with Crippen LogP contribution in [0.3, 0.4) is 0 Å². The Labute approximate surface area is 125 Å². The van der Waals surface area contributed by atoms with Gasteiger partial charge in [-0.3, -0.25) is 4.79 Å². The molecule has 0 radical (unpaired) electrons. The first-order valence-corrected chi connectivity index (χ1v) is 7.50. The second kappa shape index (κ2) is 7.43. The lowest BCUT2D eigenvalue weighted by Gasteiger charge is -2.30. The Hall–Kier alpha value is -1.59. The molecule has 2 unspecified atom stereocenters. The maximum atomic E-state index is 11.6. The van der Waals surface area contributed by atoms with Crippen LogP contribution in [0.4, 0.5) is 5.69 Å². The highest BCUT2D eigenvalue weighted by molar-refractivity contribution is 5.78. The van der Waals surface area contributed by atoms with E-state index in [1.807, 2.05) is 35.2 Å². The van der Waals surface area contributed by atoms with Crippen LogP contribution in [0.5, 0.6) is 0 Å². The van der Waals surface area contributed by atoms with Gasteiger partial charge in [0, 0.05) is 38.3 Å². The molecule has 0 saturated carbocycles. The largest absolute Gasteiger partial charge is 0.392 e. The minimum absolute atomic E-state index is 0.121. The van der Waals surface area contributed by atoms with E-state index in [0.29, 0.717) is 26.1 Å². The standard InChI is InChI=1S/C16H24N2O3/c1-13(19)10-18(14-6-3-2-4-7-14)12-15(20)11-17-9-5-8-16(17)21/h2-4,6-7,13,15,19-20H,5,8-12H2,1H3. The highest BCUT2D eigenvalue weighted by Crippen LogP contribution is 2.16. The van der Waals surface area contributed by atoms with E-state index >= 15 is 0 Å². The predicted octanol–water partition coefficient (Wildman–Crippen LogP) is 0.857. The number of carbonyl (C=O) groups excluding carboxylic acids is 1. The molecule has 1 fully saturated rings. The average molecular weight is 292 g/mol. The van der Waals surface area contributed by atoms with E-state index in [9.17, 15) is 15.0 Å². The maximum absolute atomic E-state index is 11.6. The lowest BCUT2D eigenvalue weighted by atomic mass is 10.2. The summed E-state index contributed by atoms with van der Waals surface area (Å²) in [6.45, 7) is 3.68.